The molecule has 2 N–H and O–H groups in total. The summed E-state index contributed by atoms with van der Waals surface area (Å²) in [6.07, 6.45) is 0. The van der Waals surface area contributed by atoms with Gasteiger partial charge in [0.15, 0.2) is 5.82 Å². The van der Waals surface area contributed by atoms with Crippen molar-refractivity contribution >= 4 is 11.6 Å². The monoisotopic (exact) mass is 263 g/mol. The lowest BCUT2D eigenvalue weighted by molar-refractivity contribution is 0.128. The Morgan fingerprint density at radius 3 is 2.79 bits per heavy atom. The van der Waals surface area contributed by atoms with Gasteiger partial charge in [0.25, 0.3) is 0 Å². The Labute approximate surface area is 114 Å². The number of nitrogens with two attached hydrogens (primary N) is 1. The summed E-state index contributed by atoms with van der Waals surface area (Å²) >= 11 is 0. The maximum atomic E-state index is 8.90. The molecular formula is C13H21N5O. The molecule has 0 spiro atoms. The second-order valence-electron chi connectivity index (χ2n) is 4.27. The average Bonchev–Trinajstić information content (AvgIpc) is 2.41. The molecule has 0 aromatic carbocycles. The largest absolute Gasteiger partial charge is 0.384 e. The molecule has 0 bridgehead atoms. The Morgan fingerprint density at radius 1 is 1.47 bits per heavy atom. The Morgan fingerprint density at radius 2 is 2.21 bits per heavy atom. The van der Waals surface area contributed by atoms with Crippen LogP contribution in [0.1, 0.15) is 26.6 Å². The van der Waals surface area contributed by atoms with Crippen molar-refractivity contribution in [1.82, 2.24) is 9.97 Å². The van der Waals surface area contributed by atoms with E-state index in [-0.39, 0.29) is 5.92 Å². The van der Waals surface area contributed by atoms with Crippen LogP contribution in [0, 0.1) is 17.2 Å². The summed E-state index contributed by atoms with van der Waals surface area (Å²) in [4.78, 5) is 10.6. The van der Waals surface area contributed by atoms with E-state index in [1.807, 2.05) is 25.7 Å². The predicted octanol–water partition coefficient (Wildman–Crippen LogP) is 1.58. The molecule has 1 rings (SSSR count). The van der Waals surface area contributed by atoms with E-state index < -0.39 is 0 Å². The van der Waals surface area contributed by atoms with E-state index >= 15 is 0 Å². The second kappa shape index (κ2) is 7.54. The summed E-state index contributed by atoms with van der Waals surface area (Å²) in [5.74, 6) is 1.67. The molecule has 1 aromatic heterocycles. The van der Waals surface area contributed by atoms with Crippen molar-refractivity contribution in [3.05, 3.63) is 11.9 Å². The van der Waals surface area contributed by atoms with Gasteiger partial charge in [-0.3, -0.25) is 0 Å². The van der Waals surface area contributed by atoms with Gasteiger partial charge >= 0.3 is 0 Å². The first-order valence-corrected chi connectivity index (χ1v) is 6.46. The van der Waals surface area contributed by atoms with E-state index in [1.54, 1.807) is 6.07 Å². The number of nitriles is 1. The first-order chi connectivity index (χ1) is 9.10. The maximum Gasteiger partial charge on any atom is 0.158 e. The lowest BCUT2D eigenvalue weighted by Gasteiger charge is -2.23. The topological polar surface area (TPSA) is 88.1 Å². The highest BCUT2D eigenvalue weighted by Crippen LogP contribution is 2.16. The minimum absolute atomic E-state index is 0.0634. The van der Waals surface area contributed by atoms with Crippen LogP contribution in [-0.4, -0.2) is 29.7 Å². The third-order valence-corrected chi connectivity index (χ3v) is 2.63. The molecule has 1 aromatic rings. The summed E-state index contributed by atoms with van der Waals surface area (Å²) in [5, 5.41) is 8.90. The zero-order valence-corrected chi connectivity index (χ0v) is 11.8. The minimum Gasteiger partial charge on any atom is -0.384 e. The molecule has 0 aliphatic heterocycles. The molecule has 104 valence electrons. The number of anilines is 2. The smallest absolute Gasteiger partial charge is 0.158 e. The van der Waals surface area contributed by atoms with E-state index in [9.17, 15) is 0 Å². The number of nitrogens with zero attached hydrogens (tertiary/aromatic N) is 4. The molecule has 6 heteroatoms. The van der Waals surface area contributed by atoms with E-state index in [1.165, 1.54) is 0 Å². The van der Waals surface area contributed by atoms with Gasteiger partial charge in [0, 0.05) is 25.8 Å². The van der Waals surface area contributed by atoms with Gasteiger partial charge < -0.3 is 15.4 Å². The van der Waals surface area contributed by atoms with Gasteiger partial charge in [-0.15, -0.1) is 0 Å². The number of hydrogen-bond donors (Lipinski definition) is 1. The second-order valence-corrected chi connectivity index (χ2v) is 4.27. The van der Waals surface area contributed by atoms with Crippen molar-refractivity contribution in [1.29, 1.82) is 5.26 Å². The molecule has 1 heterocycles. The molecule has 1 atom stereocenters. The molecule has 0 saturated heterocycles. The molecule has 0 amide bonds. The fourth-order valence-electron chi connectivity index (χ4n) is 1.68. The molecule has 0 aliphatic carbocycles. The lowest BCUT2D eigenvalue weighted by atomic mass is 10.2. The van der Waals surface area contributed by atoms with Crippen LogP contribution in [0.4, 0.5) is 11.6 Å². The third kappa shape index (κ3) is 4.72. The molecule has 0 aliphatic rings. The van der Waals surface area contributed by atoms with Crippen LogP contribution in [0.2, 0.25) is 0 Å². The Kier molecular flexibility index (Phi) is 6.03. The zero-order valence-electron chi connectivity index (χ0n) is 11.8. The fraction of sp³-hybridized carbons (Fsp3) is 0.615. The highest BCUT2D eigenvalue weighted by molar-refractivity contribution is 5.47. The summed E-state index contributed by atoms with van der Waals surface area (Å²) in [7, 11) is 0. The molecule has 1 unspecified atom stereocenters. The number of hydrogen-bond acceptors (Lipinski definition) is 6. The lowest BCUT2D eigenvalue weighted by Crippen LogP contribution is -2.29. The highest BCUT2D eigenvalue weighted by Gasteiger charge is 2.12. The van der Waals surface area contributed by atoms with Crippen molar-refractivity contribution in [2.24, 2.45) is 5.92 Å². The summed E-state index contributed by atoms with van der Waals surface area (Å²) in [6.45, 7) is 8.16. The molecule has 19 heavy (non-hydrogen) atoms. The first-order valence-electron chi connectivity index (χ1n) is 6.46. The van der Waals surface area contributed by atoms with Crippen molar-refractivity contribution in [3.63, 3.8) is 0 Å². The van der Waals surface area contributed by atoms with Crippen molar-refractivity contribution in [3.8, 4) is 6.07 Å². The van der Waals surface area contributed by atoms with Gasteiger partial charge in [-0.25, -0.2) is 9.97 Å². The number of aromatic nitrogens is 2. The van der Waals surface area contributed by atoms with Crippen LogP contribution < -0.4 is 10.6 Å². The summed E-state index contributed by atoms with van der Waals surface area (Å²) in [6, 6.07) is 3.95. The van der Waals surface area contributed by atoms with Crippen LogP contribution in [0.25, 0.3) is 0 Å². The van der Waals surface area contributed by atoms with E-state index in [2.05, 4.69) is 16.0 Å². The van der Waals surface area contributed by atoms with Gasteiger partial charge in [-0.1, -0.05) is 0 Å². The van der Waals surface area contributed by atoms with Crippen molar-refractivity contribution in [2.45, 2.75) is 27.4 Å². The minimum atomic E-state index is -0.0634. The summed E-state index contributed by atoms with van der Waals surface area (Å²) in [5.41, 5.74) is 5.79. The molecule has 0 saturated carbocycles. The van der Waals surface area contributed by atoms with Crippen LogP contribution in [0.3, 0.4) is 0 Å². The maximum absolute atomic E-state index is 8.90. The molecule has 0 fully saturated rings. The Bertz CT molecular complexity index is 443. The van der Waals surface area contributed by atoms with E-state index in [0.717, 1.165) is 12.4 Å². The standard InChI is InChI=1S/C13H21N5O/c1-4-18(8-10(3)7-14)13-6-11(15)16-12(17-13)9-19-5-2/h6,10H,4-5,8-9H2,1-3H3,(H2,15,16,17). The van der Waals surface area contributed by atoms with Crippen LogP contribution in [-0.2, 0) is 11.3 Å². The first kappa shape index (κ1) is 15.2. The number of nitrogen functional groups attached to an aromatic ring is 1. The molecule has 6 nitrogen and oxygen atoms in total. The Balaban J connectivity index is 2.90. The molecule has 0 radical (unpaired) electrons. The van der Waals surface area contributed by atoms with Crippen molar-refractivity contribution in [2.75, 3.05) is 30.3 Å². The van der Waals surface area contributed by atoms with Gasteiger partial charge in [-0.05, 0) is 20.8 Å². The van der Waals surface area contributed by atoms with E-state index in [0.29, 0.717) is 31.4 Å². The van der Waals surface area contributed by atoms with Gasteiger partial charge in [0.1, 0.15) is 18.2 Å². The SMILES string of the molecule is CCOCc1nc(N)cc(N(CC)CC(C)C#N)n1. The average molecular weight is 263 g/mol. The van der Waals surface area contributed by atoms with Gasteiger partial charge in [-0.2, -0.15) is 5.26 Å². The third-order valence-electron chi connectivity index (χ3n) is 2.63. The van der Waals surface area contributed by atoms with E-state index in [4.69, 9.17) is 15.7 Å². The molecular weight excluding hydrogens is 242 g/mol. The van der Waals surface area contributed by atoms with Gasteiger partial charge in [0.05, 0.1) is 12.0 Å². The van der Waals surface area contributed by atoms with Gasteiger partial charge in [0.2, 0.25) is 0 Å². The van der Waals surface area contributed by atoms with Crippen LogP contribution >= 0.6 is 0 Å². The number of ether oxygens (including phenoxy) is 1. The predicted molar refractivity (Wildman–Crippen MR) is 74.4 cm³/mol. The van der Waals surface area contributed by atoms with Crippen LogP contribution in [0.5, 0.6) is 0 Å². The van der Waals surface area contributed by atoms with Crippen LogP contribution in [0.15, 0.2) is 6.07 Å². The number of rotatable bonds is 7. The fourth-order valence-corrected chi connectivity index (χ4v) is 1.68. The highest BCUT2D eigenvalue weighted by atomic mass is 16.5. The Hall–Kier alpha value is -1.87. The summed E-state index contributed by atoms with van der Waals surface area (Å²) < 4.78 is 5.29. The quantitative estimate of drug-likeness (QED) is 0.803. The van der Waals surface area contributed by atoms with Crippen molar-refractivity contribution < 1.29 is 4.74 Å². The zero-order chi connectivity index (χ0) is 14.3. The normalized spacial score (nSPS) is 11.9.